The number of aliphatic hydroxyl groups is 1. The highest BCUT2D eigenvalue weighted by atomic mass is 16.3. The maximum Gasteiger partial charge on any atom is 0.222 e. The van der Waals surface area contributed by atoms with E-state index >= 15 is 0 Å². The first-order valence-electron chi connectivity index (χ1n) is 3.58. The van der Waals surface area contributed by atoms with Crippen molar-refractivity contribution in [1.82, 2.24) is 5.32 Å². The van der Waals surface area contributed by atoms with Crippen LogP contribution >= 0.6 is 0 Å². The Labute approximate surface area is 60.4 Å². The lowest BCUT2D eigenvalue weighted by Gasteiger charge is -2.17. The molecule has 0 unspecified atom stereocenters. The second-order valence-corrected chi connectivity index (χ2v) is 3.11. The molecule has 0 saturated carbocycles. The van der Waals surface area contributed by atoms with Gasteiger partial charge in [-0.05, 0) is 5.92 Å². The number of rotatable bonds is 1. The molecule has 1 fully saturated rings. The number of carbonyl (C=O) groups excluding carboxylic acids is 1. The van der Waals surface area contributed by atoms with Gasteiger partial charge in [0, 0.05) is 0 Å². The Bertz CT molecular complexity index is 145. The molecule has 58 valence electrons. The van der Waals surface area contributed by atoms with E-state index in [9.17, 15) is 9.90 Å². The number of amides is 1. The molecule has 1 aliphatic heterocycles. The first-order valence-corrected chi connectivity index (χ1v) is 3.58. The molecule has 1 rings (SSSR count). The average molecular weight is 143 g/mol. The van der Waals surface area contributed by atoms with E-state index in [0.717, 1.165) is 0 Å². The Balaban J connectivity index is 2.54. The molecule has 1 heterocycles. The lowest BCUT2D eigenvalue weighted by atomic mass is 10.0. The Hall–Kier alpha value is -0.570. The fourth-order valence-electron chi connectivity index (χ4n) is 1.27. The van der Waals surface area contributed by atoms with Gasteiger partial charge in [-0.25, -0.2) is 0 Å². The standard InChI is InChI=1S/C7H13NO2/c1-4(2)7-5(9)3-6(10)8-7/h4-5,7,9H,3H2,1-2H3,(H,8,10)/t5-,7+/m1/s1. The molecule has 2 atom stereocenters. The Morgan fingerprint density at radius 3 is 2.50 bits per heavy atom. The van der Waals surface area contributed by atoms with Gasteiger partial charge in [0.05, 0.1) is 18.6 Å². The van der Waals surface area contributed by atoms with Crippen molar-refractivity contribution in [3.63, 3.8) is 0 Å². The van der Waals surface area contributed by atoms with Crippen LogP contribution in [-0.4, -0.2) is 23.2 Å². The van der Waals surface area contributed by atoms with Crippen molar-refractivity contribution >= 4 is 5.91 Å². The number of carbonyl (C=O) groups is 1. The van der Waals surface area contributed by atoms with Crippen molar-refractivity contribution in [2.24, 2.45) is 5.92 Å². The van der Waals surface area contributed by atoms with E-state index in [1.807, 2.05) is 13.8 Å². The van der Waals surface area contributed by atoms with Crippen molar-refractivity contribution in [3.05, 3.63) is 0 Å². The highest BCUT2D eigenvalue weighted by Crippen LogP contribution is 2.15. The van der Waals surface area contributed by atoms with Gasteiger partial charge in [0.2, 0.25) is 5.91 Å². The zero-order valence-electron chi connectivity index (χ0n) is 6.29. The van der Waals surface area contributed by atoms with E-state index in [2.05, 4.69) is 5.32 Å². The maximum atomic E-state index is 10.7. The summed E-state index contributed by atoms with van der Waals surface area (Å²) in [6.45, 7) is 3.97. The summed E-state index contributed by atoms with van der Waals surface area (Å²) in [5.41, 5.74) is 0. The molecular weight excluding hydrogens is 130 g/mol. The summed E-state index contributed by atoms with van der Waals surface area (Å²) in [5.74, 6) is 0.285. The minimum atomic E-state index is -0.479. The van der Waals surface area contributed by atoms with Crippen LogP contribution in [0.25, 0.3) is 0 Å². The third kappa shape index (κ3) is 1.29. The number of hydrogen-bond acceptors (Lipinski definition) is 2. The summed E-state index contributed by atoms with van der Waals surface area (Å²) in [4.78, 5) is 10.7. The molecule has 0 aromatic rings. The molecule has 0 aliphatic carbocycles. The van der Waals surface area contributed by atoms with E-state index in [4.69, 9.17) is 0 Å². The van der Waals surface area contributed by atoms with E-state index in [0.29, 0.717) is 5.92 Å². The molecular formula is C7H13NO2. The summed E-state index contributed by atoms with van der Waals surface area (Å²) in [6.07, 6.45) is -0.212. The normalized spacial score (nSPS) is 33.0. The van der Waals surface area contributed by atoms with Crippen molar-refractivity contribution in [1.29, 1.82) is 0 Å². The van der Waals surface area contributed by atoms with Crippen LogP contribution in [0.3, 0.4) is 0 Å². The van der Waals surface area contributed by atoms with Crippen molar-refractivity contribution in [2.45, 2.75) is 32.4 Å². The summed E-state index contributed by atoms with van der Waals surface area (Å²) < 4.78 is 0. The quantitative estimate of drug-likeness (QED) is 0.538. The fourth-order valence-corrected chi connectivity index (χ4v) is 1.27. The molecule has 1 saturated heterocycles. The average Bonchev–Trinajstić information content (AvgIpc) is 2.10. The zero-order chi connectivity index (χ0) is 7.72. The zero-order valence-corrected chi connectivity index (χ0v) is 6.29. The number of hydrogen-bond donors (Lipinski definition) is 2. The van der Waals surface area contributed by atoms with Gasteiger partial charge in [-0.2, -0.15) is 0 Å². The highest BCUT2D eigenvalue weighted by Gasteiger charge is 2.32. The van der Waals surface area contributed by atoms with Crippen molar-refractivity contribution in [2.75, 3.05) is 0 Å². The van der Waals surface area contributed by atoms with E-state index < -0.39 is 6.10 Å². The number of nitrogens with one attached hydrogen (secondary N) is 1. The summed E-state index contributed by atoms with van der Waals surface area (Å²) in [5, 5.41) is 12.0. The van der Waals surface area contributed by atoms with Gasteiger partial charge in [-0.15, -0.1) is 0 Å². The minimum absolute atomic E-state index is 0.0347. The van der Waals surface area contributed by atoms with E-state index in [-0.39, 0.29) is 18.4 Å². The molecule has 0 aromatic heterocycles. The molecule has 1 amide bonds. The van der Waals surface area contributed by atoms with Crippen LogP contribution in [0.1, 0.15) is 20.3 Å². The first-order chi connectivity index (χ1) is 4.61. The predicted octanol–water partition coefficient (Wildman–Crippen LogP) is -0.108. The van der Waals surface area contributed by atoms with Crippen molar-refractivity contribution in [3.8, 4) is 0 Å². The van der Waals surface area contributed by atoms with Crippen LogP contribution in [0.15, 0.2) is 0 Å². The van der Waals surface area contributed by atoms with Gasteiger partial charge in [0.15, 0.2) is 0 Å². The largest absolute Gasteiger partial charge is 0.390 e. The lowest BCUT2D eigenvalue weighted by Crippen LogP contribution is -2.36. The van der Waals surface area contributed by atoms with Crippen LogP contribution in [0.4, 0.5) is 0 Å². The second-order valence-electron chi connectivity index (χ2n) is 3.11. The van der Waals surface area contributed by atoms with Gasteiger partial charge in [0.25, 0.3) is 0 Å². The van der Waals surface area contributed by atoms with Crippen LogP contribution in [0.5, 0.6) is 0 Å². The van der Waals surface area contributed by atoms with Crippen LogP contribution < -0.4 is 5.32 Å². The van der Waals surface area contributed by atoms with Gasteiger partial charge < -0.3 is 10.4 Å². The molecule has 0 bridgehead atoms. The first kappa shape index (κ1) is 7.54. The molecule has 0 radical (unpaired) electrons. The van der Waals surface area contributed by atoms with Gasteiger partial charge in [-0.1, -0.05) is 13.8 Å². The Morgan fingerprint density at radius 2 is 2.30 bits per heavy atom. The fraction of sp³-hybridized carbons (Fsp3) is 0.857. The van der Waals surface area contributed by atoms with E-state index in [1.165, 1.54) is 0 Å². The Morgan fingerprint density at radius 1 is 1.70 bits per heavy atom. The summed E-state index contributed by atoms with van der Waals surface area (Å²) in [6, 6.07) is -0.0347. The molecule has 3 nitrogen and oxygen atoms in total. The predicted molar refractivity (Wildman–Crippen MR) is 37.4 cm³/mol. The van der Waals surface area contributed by atoms with Crippen LogP contribution in [0.2, 0.25) is 0 Å². The third-order valence-corrected chi connectivity index (χ3v) is 1.85. The SMILES string of the molecule is CC(C)[C@@H]1NC(=O)C[C@H]1O. The lowest BCUT2D eigenvalue weighted by molar-refractivity contribution is -0.119. The van der Waals surface area contributed by atoms with Gasteiger partial charge in [-0.3, -0.25) is 4.79 Å². The third-order valence-electron chi connectivity index (χ3n) is 1.85. The number of aliphatic hydroxyl groups excluding tert-OH is 1. The van der Waals surface area contributed by atoms with Crippen LogP contribution in [0, 0.1) is 5.92 Å². The smallest absolute Gasteiger partial charge is 0.222 e. The Kier molecular flexibility index (Phi) is 1.94. The van der Waals surface area contributed by atoms with Gasteiger partial charge >= 0.3 is 0 Å². The molecule has 0 spiro atoms. The topological polar surface area (TPSA) is 49.3 Å². The van der Waals surface area contributed by atoms with Crippen LogP contribution in [-0.2, 0) is 4.79 Å². The molecule has 0 aromatic carbocycles. The van der Waals surface area contributed by atoms with Crippen molar-refractivity contribution < 1.29 is 9.90 Å². The molecule has 1 aliphatic rings. The second kappa shape index (κ2) is 2.58. The van der Waals surface area contributed by atoms with E-state index in [1.54, 1.807) is 0 Å². The monoisotopic (exact) mass is 143 g/mol. The summed E-state index contributed by atoms with van der Waals surface area (Å²) in [7, 11) is 0. The molecule has 10 heavy (non-hydrogen) atoms. The van der Waals surface area contributed by atoms with Gasteiger partial charge in [0.1, 0.15) is 0 Å². The summed E-state index contributed by atoms with van der Waals surface area (Å²) >= 11 is 0. The minimum Gasteiger partial charge on any atom is -0.390 e. The molecule has 2 N–H and O–H groups in total. The molecule has 3 heteroatoms. The maximum absolute atomic E-state index is 10.7. The highest BCUT2D eigenvalue weighted by molar-refractivity contribution is 5.79.